The maximum atomic E-state index is 12.0. The van der Waals surface area contributed by atoms with Crippen LogP contribution in [-0.4, -0.2) is 9.97 Å². The van der Waals surface area contributed by atoms with E-state index in [-0.39, 0.29) is 11.6 Å². The molecule has 0 spiro atoms. The summed E-state index contributed by atoms with van der Waals surface area (Å²) in [7, 11) is 0. The van der Waals surface area contributed by atoms with Crippen molar-refractivity contribution in [2.75, 3.05) is 0 Å². The highest BCUT2D eigenvalue weighted by Crippen LogP contribution is 2.31. The zero-order valence-corrected chi connectivity index (χ0v) is 10.3. The van der Waals surface area contributed by atoms with Crippen LogP contribution in [0.4, 0.5) is 0 Å². The van der Waals surface area contributed by atoms with Crippen LogP contribution in [0.3, 0.4) is 0 Å². The number of hydrogen-bond donors (Lipinski definition) is 2. The van der Waals surface area contributed by atoms with Crippen LogP contribution in [-0.2, 0) is 6.54 Å². The molecule has 1 atom stereocenters. The van der Waals surface area contributed by atoms with Gasteiger partial charge in [0, 0.05) is 18.5 Å². The van der Waals surface area contributed by atoms with Crippen LogP contribution in [0, 0.1) is 0 Å². The van der Waals surface area contributed by atoms with Crippen LogP contribution >= 0.6 is 0 Å². The van der Waals surface area contributed by atoms with Crippen molar-refractivity contribution in [2.45, 2.75) is 57.5 Å². The highest BCUT2D eigenvalue weighted by molar-refractivity contribution is 5.26. The molecular weight excluding hydrogens is 214 g/mol. The Bertz CT molecular complexity index is 474. The van der Waals surface area contributed by atoms with Gasteiger partial charge < -0.3 is 10.3 Å². The second-order valence-electron chi connectivity index (χ2n) is 5.25. The predicted molar refractivity (Wildman–Crippen MR) is 65.9 cm³/mol. The Morgan fingerprint density at radius 3 is 2.76 bits per heavy atom. The fourth-order valence-electron chi connectivity index (χ4n) is 3.05. The molecular formula is C13H19N3O. The maximum absolute atomic E-state index is 12.0. The van der Waals surface area contributed by atoms with Gasteiger partial charge in [-0.1, -0.05) is 19.3 Å². The SMILES string of the molecule is CC1NCc2nc(C3CCCCC3)[nH]c(=O)c21. The molecule has 17 heavy (non-hydrogen) atoms. The van der Waals surface area contributed by atoms with E-state index in [9.17, 15) is 4.79 Å². The Hall–Kier alpha value is -1.16. The third kappa shape index (κ3) is 1.90. The highest BCUT2D eigenvalue weighted by atomic mass is 16.1. The maximum Gasteiger partial charge on any atom is 0.255 e. The van der Waals surface area contributed by atoms with Gasteiger partial charge in [0.05, 0.1) is 11.3 Å². The van der Waals surface area contributed by atoms with Crippen LogP contribution in [0.2, 0.25) is 0 Å². The van der Waals surface area contributed by atoms with Gasteiger partial charge in [-0.05, 0) is 19.8 Å². The molecule has 2 aliphatic rings. The van der Waals surface area contributed by atoms with Gasteiger partial charge >= 0.3 is 0 Å². The lowest BCUT2D eigenvalue weighted by Gasteiger charge is -2.21. The van der Waals surface area contributed by atoms with Crippen LogP contribution in [0.5, 0.6) is 0 Å². The van der Waals surface area contributed by atoms with Gasteiger partial charge in [-0.15, -0.1) is 0 Å². The van der Waals surface area contributed by atoms with E-state index < -0.39 is 0 Å². The molecule has 4 nitrogen and oxygen atoms in total. The fourth-order valence-corrected chi connectivity index (χ4v) is 3.05. The van der Waals surface area contributed by atoms with E-state index in [0.29, 0.717) is 5.92 Å². The minimum atomic E-state index is 0.0630. The summed E-state index contributed by atoms with van der Waals surface area (Å²) >= 11 is 0. The molecule has 1 saturated carbocycles. The van der Waals surface area contributed by atoms with Gasteiger partial charge in [-0.25, -0.2) is 4.98 Å². The molecule has 2 N–H and O–H groups in total. The third-order valence-corrected chi connectivity index (χ3v) is 4.05. The summed E-state index contributed by atoms with van der Waals surface area (Å²) in [5.74, 6) is 1.39. The van der Waals surface area contributed by atoms with Gasteiger partial charge in [0.15, 0.2) is 0 Å². The normalized spacial score (nSPS) is 24.9. The van der Waals surface area contributed by atoms with Crippen molar-refractivity contribution >= 4 is 0 Å². The minimum absolute atomic E-state index is 0.0630. The summed E-state index contributed by atoms with van der Waals surface area (Å²) in [5.41, 5.74) is 1.86. The molecule has 0 bridgehead atoms. The Labute approximate surface area is 101 Å². The first-order chi connectivity index (χ1) is 8.25. The number of hydrogen-bond acceptors (Lipinski definition) is 3. The number of aromatic amines is 1. The Balaban J connectivity index is 1.97. The second-order valence-corrected chi connectivity index (χ2v) is 5.25. The average molecular weight is 233 g/mol. The van der Waals surface area contributed by atoms with E-state index in [1.54, 1.807) is 0 Å². The number of H-pyrrole nitrogens is 1. The molecule has 3 rings (SSSR count). The molecule has 0 aromatic carbocycles. The third-order valence-electron chi connectivity index (χ3n) is 4.05. The molecule has 1 fully saturated rings. The van der Waals surface area contributed by atoms with Crippen molar-refractivity contribution in [2.24, 2.45) is 0 Å². The van der Waals surface area contributed by atoms with Crippen molar-refractivity contribution in [3.05, 3.63) is 27.4 Å². The average Bonchev–Trinajstić information content (AvgIpc) is 2.73. The van der Waals surface area contributed by atoms with Gasteiger partial charge in [0.1, 0.15) is 5.82 Å². The first-order valence-electron chi connectivity index (χ1n) is 6.62. The van der Waals surface area contributed by atoms with Crippen molar-refractivity contribution in [3.63, 3.8) is 0 Å². The predicted octanol–water partition coefficient (Wildman–Crippen LogP) is 1.98. The molecule has 1 unspecified atom stereocenters. The summed E-state index contributed by atoms with van der Waals surface area (Å²) < 4.78 is 0. The summed E-state index contributed by atoms with van der Waals surface area (Å²) in [4.78, 5) is 19.7. The molecule has 1 aliphatic carbocycles. The molecule has 0 amide bonds. The smallest absolute Gasteiger partial charge is 0.255 e. The lowest BCUT2D eigenvalue weighted by Crippen LogP contribution is -2.21. The van der Waals surface area contributed by atoms with E-state index in [2.05, 4.69) is 15.3 Å². The lowest BCUT2D eigenvalue weighted by atomic mass is 9.88. The molecule has 92 valence electrons. The van der Waals surface area contributed by atoms with Crippen molar-refractivity contribution in [1.29, 1.82) is 0 Å². The van der Waals surface area contributed by atoms with Gasteiger partial charge in [-0.2, -0.15) is 0 Å². The number of fused-ring (bicyclic) bond motifs is 1. The second kappa shape index (κ2) is 4.26. The number of nitrogens with zero attached hydrogens (tertiary/aromatic N) is 1. The first kappa shape index (κ1) is 11.0. The summed E-state index contributed by atoms with van der Waals surface area (Å²) in [5, 5.41) is 3.27. The standard InChI is InChI=1S/C13H19N3O/c1-8-11-10(7-14-8)15-12(16-13(11)17)9-5-3-2-4-6-9/h8-9,14H,2-7H2,1H3,(H,15,16,17). The van der Waals surface area contributed by atoms with Crippen LogP contribution in [0.25, 0.3) is 0 Å². The van der Waals surface area contributed by atoms with Gasteiger partial charge in [0.25, 0.3) is 5.56 Å². The van der Waals surface area contributed by atoms with Crippen molar-refractivity contribution < 1.29 is 0 Å². The first-order valence-corrected chi connectivity index (χ1v) is 6.62. The summed E-state index contributed by atoms with van der Waals surface area (Å²) in [6.45, 7) is 2.75. The number of aromatic nitrogens is 2. The Kier molecular flexibility index (Phi) is 2.74. The minimum Gasteiger partial charge on any atom is -0.310 e. The lowest BCUT2D eigenvalue weighted by molar-refractivity contribution is 0.427. The zero-order chi connectivity index (χ0) is 11.8. The van der Waals surface area contributed by atoms with E-state index in [0.717, 1.165) is 23.6 Å². The van der Waals surface area contributed by atoms with Crippen molar-refractivity contribution in [3.8, 4) is 0 Å². The summed E-state index contributed by atoms with van der Waals surface area (Å²) in [6.07, 6.45) is 6.19. The van der Waals surface area contributed by atoms with Gasteiger partial charge in [0.2, 0.25) is 0 Å². The quantitative estimate of drug-likeness (QED) is 0.779. The van der Waals surface area contributed by atoms with E-state index in [4.69, 9.17) is 0 Å². The molecule has 0 saturated heterocycles. The molecule has 1 aromatic rings. The van der Waals surface area contributed by atoms with Gasteiger partial charge in [-0.3, -0.25) is 4.79 Å². The number of rotatable bonds is 1. The molecule has 2 heterocycles. The fraction of sp³-hybridized carbons (Fsp3) is 0.692. The van der Waals surface area contributed by atoms with E-state index >= 15 is 0 Å². The number of nitrogens with one attached hydrogen (secondary N) is 2. The molecule has 4 heteroatoms. The van der Waals surface area contributed by atoms with Crippen LogP contribution in [0.1, 0.15) is 68.1 Å². The Morgan fingerprint density at radius 1 is 1.24 bits per heavy atom. The molecule has 1 aliphatic heterocycles. The largest absolute Gasteiger partial charge is 0.310 e. The van der Waals surface area contributed by atoms with Crippen LogP contribution < -0.4 is 10.9 Å². The van der Waals surface area contributed by atoms with Crippen molar-refractivity contribution in [1.82, 2.24) is 15.3 Å². The van der Waals surface area contributed by atoms with E-state index in [1.807, 2.05) is 6.92 Å². The topological polar surface area (TPSA) is 57.8 Å². The highest BCUT2D eigenvalue weighted by Gasteiger charge is 2.26. The molecule has 0 radical (unpaired) electrons. The van der Waals surface area contributed by atoms with Crippen LogP contribution in [0.15, 0.2) is 4.79 Å². The summed E-state index contributed by atoms with van der Waals surface area (Å²) in [6, 6.07) is 0.140. The van der Waals surface area contributed by atoms with E-state index in [1.165, 1.54) is 32.1 Å². The Morgan fingerprint density at radius 2 is 2.00 bits per heavy atom. The zero-order valence-electron chi connectivity index (χ0n) is 10.3. The molecule has 1 aromatic heterocycles. The monoisotopic (exact) mass is 233 g/mol.